The van der Waals surface area contributed by atoms with E-state index in [2.05, 4.69) is 5.32 Å². The van der Waals surface area contributed by atoms with E-state index in [1.165, 1.54) is 0 Å². The Hall–Kier alpha value is -1.20. The molecule has 92 valence electrons. The van der Waals surface area contributed by atoms with Crippen LogP contribution in [0.25, 0.3) is 0 Å². The summed E-state index contributed by atoms with van der Waals surface area (Å²) >= 11 is 0. The lowest BCUT2D eigenvalue weighted by Gasteiger charge is -2.30. The first-order valence-electron chi connectivity index (χ1n) is 5.41. The molecule has 6 heteroatoms. The minimum Gasteiger partial charge on any atom is -0.356 e. The fourth-order valence-electron chi connectivity index (χ4n) is 1.82. The predicted molar refractivity (Wildman–Crippen MR) is 54.0 cm³/mol. The van der Waals surface area contributed by atoms with Crippen LogP contribution in [0.5, 0.6) is 0 Å². The number of piperidine rings is 1. The molecule has 0 spiro atoms. The summed E-state index contributed by atoms with van der Waals surface area (Å²) in [4.78, 5) is 23.5. The molecule has 0 aromatic heterocycles. The highest BCUT2D eigenvalue weighted by Gasteiger charge is 2.30. The van der Waals surface area contributed by atoms with Gasteiger partial charge in [-0.2, -0.15) is 8.78 Å². The van der Waals surface area contributed by atoms with Gasteiger partial charge in [0.1, 0.15) is 0 Å². The molecule has 0 saturated carbocycles. The molecule has 16 heavy (non-hydrogen) atoms. The normalized spacial score (nSPS) is 17.6. The Morgan fingerprint density at radius 2 is 1.94 bits per heavy atom. The molecule has 2 amide bonds. The molecule has 1 fully saturated rings. The van der Waals surface area contributed by atoms with Gasteiger partial charge in [0.25, 0.3) is 5.91 Å². The number of likely N-dealkylation sites (tertiary alicyclic amines) is 1. The van der Waals surface area contributed by atoms with E-state index in [9.17, 15) is 18.4 Å². The molecule has 0 aliphatic carbocycles. The van der Waals surface area contributed by atoms with Crippen molar-refractivity contribution in [2.24, 2.45) is 5.92 Å². The summed E-state index contributed by atoms with van der Waals surface area (Å²) in [5.74, 6) is -1.33. The van der Waals surface area contributed by atoms with E-state index in [4.69, 9.17) is 0 Å². The van der Waals surface area contributed by atoms with E-state index in [-0.39, 0.29) is 24.9 Å². The van der Waals surface area contributed by atoms with Gasteiger partial charge >= 0.3 is 6.43 Å². The molecule has 1 heterocycles. The Balaban J connectivity index is 2.39. The smallest absolute Gasteiger partial charge is 0.315 e. The molecule has 1 aliphatic heterocycles. The predicted octanol–water partition coefficient (Wildman–Crippen LogP) is 0.626. The standard InChI is InChI=1S/C10H16F2N2O2/c1-2-13-9(15)7-3-5-14(6-4-7)10(16)8(11)12/h7-8H,2-6H2,1H3,(H,13,15). The highest BCUT2D eigenvalue weighted by atomic mass is 19.3. The van der Waals surface area contributed by atoms with E-state index in [1.54, 1.807) is 0 Å². The van der Waals surface area contributed by atoms with Crippen molar-refractivity contribution < 1.29 is 18.4 Å². The van der Waals surface area contributed by atoms with Crippen molar-refractivity contribution in [3.63, 3.8) is 0 Å². The van der Waals surface area contributed by atoms with E-state index >= 15 is 0 Å². The van der Waals surface area contributed by atoms with Gasteiger partial charge in [-0.15, -0.1) is 0 Å². The summed E-state index contributed by atoms with van der Waals surface area (Å²) < 4.78 is 24.2. The molecule has 0 aromatic carbocycles. The maximum Gasteiger partial charge on any atom is 0.315 e. The van der Waals surface area contributed by atoms with E-state index in [1.807, 2.05) is 6.92 Å². The molecular formula is C10H16F2N2O2. The molecule has 1 saturated heterocycles. The average molecular weight is 234 g/mol. The second-order valence-electron chi connectivity index (χ2n) is 3.79. The third kappa shape index (κ3) is 3.15. The zero-order valence-corrected chi connectivity index (χ0v) is 9.21. The Morgan fingerprint density at radius 3 is 2.38 bits per heavy atom. The fraction of sp³-hybridized carbons (Fsp3) is 0.800. The fourth-order valence-corrected chi connectivity index (χ4v) is 1.82. The van der Waals surface area contributed by atoms with Crippen molar-refractivity contribution in [2.75, 3.05) is 19.6 Å². The van der Waals surface area contributed by atoms with Crippen molar-refractivity contribution in [1.29, 1.82) is 0 Å². The van der Waals surface area contributed by atoms with Crippen molar-refractivity contribution >= 4 is 11.8 Å². The van der Waals surface area contributed by atoms with E-state index in [0.717, 1.165) is 4.90 Å². The molecule has 1 rings (SSSR count). The van der Waals surface area contributed by atoms with Gasteiger partial charge in [-0.05, 0) is 19.8 Å². The number of alkyl halides is 2. The third-order valence-corrected chi connectivity index (χ3v) is 2.72. The number of nitrogens with one attached hydrogen (secondary N) is 1. The van der Waals surface area contributed by atoms with Crippen molar-refractivity contribution in [1.82, 2.24) is 10.2 Å². The summed E-state index contributed by atoms with van der Waals surface area (Å²) in [6.07, 6.45) is -2.02. The number of hydrogen-bond donors (Lipinski definition) is 1. The van der Waals surface area contributed by atoms with Gasteiger partial charge in [-0.3, -0.25) is 9.59 Å². The van der Waals surface area contributed by atoms with Gasteiger partial charge in [0.15, 0.2) is 0 Å². The van der Waals surface area contributed by atoms with Crippen LogP contribution in [0.15, 0.2) is 0 Å². The van der Waals surface area contributed by atoms with Crippen molar-refractivity contribution in [3.8, 4) is 0 Å². The molecule has 0 aromatic rings. The number of nitrogens with zero attached hydrogens (tertiary/aromatic N) is 1. The quantitative estimate of drug-likeness (QED) is 0.778. The number of carbonyl (C=O) groups is 2. The van der Waals surface area contributed by atoms with Crippen LogP contribution in [0.4, 0.5) is 8.78 Å². The second-order valence-corrected chi connectivity index (χ2v) is 3.79. The molecule has 4 nitrogen and oxygen atoms in total. The van der Waals surface area contributed by atoms with Gasteiger partial charge in [-0.25, -0.2) is 0 Å². The lowest BCUT2D eigenvalue weighted by atomic mass is 9.96. The van der Waals surface area contributed by atoms with Crippen LogP contribution < -0.4 is 5.32 Å². The van der Waals surface area contributed by atoms with Crippen LogP contribution in [0.1, 0.15) is 19.8 Å². The summed E-state index contributed by atoms with van der Waals surface area (Å²) in [6, 6.07) is 0. The number of halogens is 2. The first kappa shape index (κ1) is 12.9. The van der Waals surface area contributed by atoms with Crippen LogP contribution in [0.2, 0.25) is 0 Å². The minimum absolute atomic E-state index is 0.0494. The van der Waals surface area contributed by atoms with Crippen LogP contribution >= 0.6 is 0 Å². The molecule has 0 radical (unpaired) electrons. The monoisotopic (exact) mass is 234 g/mol. The molecule has 0 bridgehead atoms. The summed E-state index contributed by atoms with van der Waals surface area (Å²) in [5.41, 5.74) is 0. The highest BCUT2D eigenvalue weighted by molar-refractivity contribution is 5.81. The van der Waals surface area contributed by atoms with Crippen LogP contribution in [-0.2, 0) is 9.59 Å². The van der Waals surface area contributed by atoms with Gasteiger partial charge in [0, 0.05) is 25.6 Å². The zero-order chi connectivity index (χ0) is 12.1. The topological polar surface area (TPSA) is 49.4 Å². The molecule has 1 aliphatic rings. The SMILES string of the molecule is CCNC(=O)C1CCN(C(=O)C(F)F)CC1. The van der Waals surface area contributed by atoms with Crippen LogP contribution in [0.3, 0.4) is 0 Å². The number of hydrogen-bond acceptors (Lipinski definition) is 2. The highest BCUT2D eigenvalue weighted by Crippen LogP contribution is 2.18. The van der Waals surface area contributed by atoms with Crippen LogP contribution in [-0.4, -0.2) is 42.8 Å². The van der Waals surface area contributed by atoms with Gasteiger partial charge in [0.2, 0.25) is 5.91 Å². The van der Waals surface area contributed by atoms with Crippen molar-refractivity contribution in [3.05, 3.63) is 0 Å². The Bertz CT molecular complexity index is 264. The van der Waals surface area contributed by atoms with Crippen LogP contribution in [0, 0.1) is 5.92 Å². The number of carbonyl (C=O) groups excluding carboxylic acids is 2. The summed E-state index contributed by atoms with van der Waals surface area (Å²) in [5, 5.41) is 2.69. The molecular weight excluding hydrogens is 218 g/mol. The third-order valence-electron chi connectivity index (χ3n) is 2.72. The summed E-state index contributed by atoms with van der Waals surface area (Å²) in [6.45, 7) is 2.87. The number of rotatable bonds is 3. The van der Waals surface area contributed by atoms with E-state index < -0.39 is 12.3 Å². The summed E-state index contributed by atoms with van der Waals surface area (Å²) in [7, 11) is 0. The lowest BCUT2D eigenvalue weighted by molar-refractivity contribution is -0.145. The average Bonchev–Trinajstić information content (AvgIpc) is 2.28. The molecule has 1 N–H and O–H groups in total. The largest absolute Gasteiger partial charge is 0.356 e. The van der Waals surface area contributed by atoms with E-state index in [0.29, 0.717) is 19.4 Å². The second kappa shape index (κ2) is 5.77. The Morgan fingerprint density at radius 1 is 1.38 bits per heavy atom. The van der Waals surface area contributed by atoms with Crippen molar-refractivity contribution in [2.45, 2.75) is 26.2 Å². The first-order valence-corrected chi connectivity index (χ1v) is 5.41. The minimum atomic E-state index is -2.94. The molecule has 0 atom stereocenters. The zero-order valence-electron chi connectivity index (χ0n) is 9.21. The molecule has 0 unspecified atom stereocenters. The Labute approximate surface area is 93.0 Å². The van der Waals surface area contributed by atoms with Gasteiger partial charge < -0.3 is 10.2 Å². The van der Waals surface area contributed by atoms with Gasteiger partial charge in [0.05, 0.1) is 0 Å². The number of amides is 2. The maximum absolute atomic E-state index is 12.1. The van der Waals surface area contributed by atoms with Gasteiger partial charge in [-0.1, -0.05) is 0 Å². The lowest BCUT2D eigenvalue weighted by Crippen LogP contribution is -2.44. The first-order chi connectivity index (χ1) is 7.56. The Kier molecular flexibility index (Phi) is 4.64. The maximum atomic E-state index is 12.1.